The van der Waals surface area contributed by atoms with E-state index in [2.05, 4.69) is 25.2 Å². The van der Waals surface area contributed by atoms with Crippen LogP contribution < -0.4 is 15.0 Å². The van der Waals surface area contributed by atoms with Crippen molar-refractivity contribution in [3.63, 3.8) is 0 Å². The third-order valence-corrected chi connectivity index (χ3v) is 7.00. The van der Waals surface area contributed by atoms with Crippen LogP contribution in [0.25, 0.3) is 5.65 Å². The number of rotatable bonds is 5. The Morgan fingerprint density at radius 3 is 2.82 bits per heavy atom. The first kappa shape index (κ1) is 21.3. The van der Waals surface area contributed by atoms with Crippen LogP contribution in [-0.4, -0.2) is 88.2 Å². The van der Waals surface area contributed by atoms with Gasteiger partial charge in [-0.05, 0) is 19.1 Å². The second kappa shape index (κ2) is 8.23. The Morgan fingerprint density at radius 2 is 2.09 bits per heavy atom. The lowest BCUT2D eigenvalue weighted by molar-refractivity contribution is -0.0660. The Balaban J connectivity index is 1.30. The number of fused-ring (bicyclic) bond motifs is 2. The minimum atomic E-state index is -0.655. The molecule has 3 aliphatic heterocycles. The van der Waals surface area contributed by atoms with Gasteiger partial charge in [0.15, 0.2) is 5.65 Å². The van der Waals surface area contributed by atoms with E-state index in [1.807, 2.05) is 19.1 Å². The van der Waals surface area contributed by atoms with Crippen molar-refractivity contribution in [1.82, 2.24) is 19.5 Å². The first-order chi connectivity index (χ1) is 16.5. The van der Waals surface area contributed by atoms with E-state index in [-0.39, 0.29) is 12.5 Å². The van der Waals surface area contributed by atoms with Gasteiger partial charge in [-0.15, -0.1) is 0 Å². The maximum atomic E-state index is 13.3. The topological polar surface area (TPSA) is 104 Å². The summed E-state index contributed by atoms with van der Waals surface area (Å²) in [6, 6.07) is 6.27. The molecule has 2 aromatic heterocycles. The Morgan fingerprint density at radius 1 is 1.26 bits per heavy atom. The van der Waals surface area contributed by atoms with Crippen LogP contribution in [0.3, 0.4) is 0 Å². The quantitative estimate of drug-likeness (QED) is 0.580. The third kappa shape index (κ3) is 3.67. The molecule has 3 aromatic rings. The van der Waals surface area contributed by atoms with Crippen molar-refractivity contribution >= 4 is 22.9 Å². The number of hydrogen-bond acceptors (Lipinski definition) is 8. The lowest BCUT2D eigenvalue weighted by Crippen LogP contribution is -2.56. The largest absolute Gasteiger partial charge is 0.484 e. The van der Waals surface area contributed by atoms with Crippen LogP contribution in [0.15, 0.2) is 36.8 Å². The van der Waals surface area contributed by atoms with Gasteiger partial charge in [0.05, 0.1) is 43.4 Å². The molecular formula is C24H28N6O4. The Bertz CT molecular complexity index is 1230. The van der Waals surface area contributed by atoms with Gasteiger partial charge in [0.1, 0.15) is 16.9 Å². The van der Waals surface area contributed by atoms with Crippen molar-refractivity contribution in [2.75, 3.05) is 56.2 Å². The number of nitrogens with zero attached hydrogens (tertiary/aromatic N) is 5. The number of carbonyl (C=O) groups excluding carboxylic acids is 1. The van der Waals surface area contributed by atoms with Crippen molar-refractivity contribution in [3.05, 3.63) is 47.9 Å². The molecule has 0 bridgehead atoms. The summed E-state index contributed by atoms with van der Waals surface area (Å²) < 4.78 is 13.1. The number of hydrogen-bond donors (Lipinski definition) is 2. The number of aromatic nitrogens is 3. The predicted octanol–water partition coefficient (Wildman–Crippen LogP) is 1.19. The number of nitrogens with one attached hydrogen (secondary N) is 1. The minimum absolute atomic E-state index is 0.0745. The molecule has 1 unspecified atom stereocenters. The maximum absolute atomic E-state index is 13.3. The molecule has 1 atom stereocenters. The normalized spacial score (nSPS) is 22.9. The van der Waals surface area contributed by atoms with Gasteiger partial charge in [-0.1, -0.05) is 0 Å². The molecule has 0 radical (unpaired) electrons. The van der Waals surface area contributed by atoms with Crippen LogP contribution in [0.1, 0.15) is 22.8 Å². The summed E-state index contributed by atoms with van der Waals surface area (Å²) in [6.07, 6.45) is 5.53. The molecule has 3 aliphatic rings. The highest BCUT2D eigenvalue weighted by Gasteiger charge is 2.36. The molecule has 1 aromatic carbocycles. The van der Waals surface area contributed by atoms with Crippen LogP contribution >= 0.6 is 0 Å². The molecule has 1 amide bonds. The summed E-state index contributed by atoms with van der Waals surface area (Å²) in [4.78, 5) is 22.3. The van der Waals surface area contributed by atoms with Crippen LogP contribution in [0.4, 0.5) is 11.4 Å². The van der Waals surface area contributed by atoms with Gasteiger partial charge in [-0.3, -0.25) is 9.69 Å². The van der Waals surface area contributed by atoms with Gasteiger partial charge >= 0.3 is 0 Å². The van der Waals surface area contributed by atoms with Crippen molar-refractivity contribution in [2.24, 2.45) is 0 Å². The van der Waals surface area contributed by atoms with Crippen molar-refractivity contribution < 1.29 is 19.4 Å². The lowest BCUT2D eigenvalue weighted by atomic mass is 9.99. The number of piperazine rings is 1. The first-order valence-electron chi connectivity index (χ1n) is 11.7. The fraction of sp³-hybridized carbons (Fsp3) is 0.458. The predicted molar refractivity (Wildman–Crippen MR) is 126 cm³/mol. The number of carbonyl (C=O) groups is 1. The summed E-state index contributed by atoms with van der Waals surface area (Å²) in [5.74, 6) is 0.501. The molecule has 2 N–H and O–H groups in total. The molecule has 0 spiro atoms. The Hall–Kier alpha value is -3.21. The SMILES string of the molecule is CC1(CO)Cc2cc(NC(=O)c3cnn4cccnc34)c(N3CCN(C4COC4)CC3)cc2O1. The molecule has 2 saturated heterocycles. The average molecular weight is 465 g/mol. The van der Waals surface area contributed by atoms with E-state index < -0.39 is 5.60 Å². The summed E-state index contributed by atoms with van der Waals surface area (Å²) in [7, 11) is 0. The molecule has 34 heavy (non-hydrogen) atoms. The third-order valence-electron chi connectivity index (χ3n) is 7.00. The molecule has 6 rings (SSSR count). The Kier molecular flexibility index (Phi) is 5.16. The average Bonchev–Trinajstić information content (AvgIpc) is 3.39. The second-order valence-electron chi connectivity index (χ2n) is 9.48. The minimum Gasteiger partial charge on any atom is -0.484 e. The molecule has 0 aliphatic carbocycles. The highest BCUT2D eigenvalue weighted by Crippen LogP contribution is 2.42. The Labute approximate surface area is 197 Å². The molecule has 10 heteroatoms. The van der Waals surface area contributed by atoms with E-state index in [9.17, 15) is 9.90 Å². The zero-order valence-electron chi connectivity index (χ0n) is 19.1. The number of amides is 1. The summed E-state index contributed by atoms with van der Waals surface area (Å²) in [5.41, 5.74) is 2.89. The lowest BCUT2D eigenvalue weighted by Gasteiger charge is -2.43. The monoisotopic (exact) mass is 464 g/mol. The zero-order chi connectivity index (χ0) is 23.3. The van der Waals surface area contributed by atoms with E-state index in [4.69, 9.17) is 9.47 Å². The van der Waals surface area contributed by atoms with Gasteiger partial charge < -0.3 is 24.8 Å². The van der Waals surface area contributed by atoms with Gasteiger partial charge in [0.25, 0.3) is 5.91 Å². The smallest absolute Gasteiger partial charge is 0.261 e. The van der Waals surface area contributed by atoms with Gasteiger partial charge in [-0.2, -0.15) is 5.10 Å². The standard InChI is InChI=1S/C24H28N6O4/c1-24(15-31)11-16-9-19(27-23(32)18-12-26-30-4-2-3-25-22(18)30)20(10-21(16)34-24)29-7-5-28(6-8-29)17-13-33-14-17/h2-4,9-10,12,17,31H,5-8,11,13-15H2,1H3,(H,27,32). The van der Waals surface area contributed by atoms with Crippen LogP contribution in [0.2, 0.25) is 0 Å². The first-order valence-corrected chi connectivity index (χ1v) is 11.7. The van der Waals surface area contributed by atoms with Gasteiger partial charge in [0, 0.05) is 56.6 Å². The fourth-order valence-corrected chi connectivity index (χ4v) is 4.94. The number of anilines is 2. The summed E-state index contributed by atoms with van der Waals surface area (Å²) in [5, 5.41) is 17.2. The van der Waals surface area contributed by atoms with E-state index >= 15 is 0 Å². The van der Waals surface area contributed by atoms with Crippen molar-refractivity contribution in [1.29, 1.82) is 0 Å². The zero-order valence-corrected chi connectivity index (χ0v) is 19.1. The maximum Gasteiger partial charge on any atom is 0.261 e. The highest BCUT2D eigenvalue weighted by atomic mass is 16.5. The van der Waals surface area contributed by atoms with E-state index in [1.54, 1.807) is 23.0 Å². The van der Waals surface area contributed by atoms with E-state index in [0.29, 0.717) is 23.7 Å². The van der Waals surface area contributed by atoms with Crippen LogP contribution in [0, 0.1) is 0 Å². The fourth-order valence-electron chi connectivity index (χ4n) is 4.94. The molecule has 10 nitrogen and oxygen atoms in total. The molecule has 0 saturated carbocycles. The van der Waals surface area contributed by atoms with E-state index in [1.165, 1.54) is 6.20 Å². The highest BCUT2D eigenvalue weighted by molar-refractivity contribution is 6.09. The van der Waals surface area contributed by atoms with Crippen molar-refractivity contribution in [2.45, 2.75) is 25.0 Å². The number of aliphatic hydroxyl groups excluding tert-OH is 1. The number of ether oxygens (including phenoxy) is 2. The molecule has 2 fully saturated rings. The second-order valence-corrected chi connectivity index (χ2v) is 9.48. The van der Waals surface area contributed by atoms with E-state index in [0.717, 1.165) is 62.1 Å². The summed E-state index contributed by atoms with van der Waals surface area (Å²) >= 11 is 0. The number of benzene rings is 1. The van der Waals surface area contributed by atoms with Crippen LogP contribution in [0.5, 0.6) is 5.75 Å². The summed E-state index contributed by atoms with van der Waals surface area (Å²) in [6.45, 7) is 6.99. The number of aliphatic hydroxyl groups is 1. The van der Waals surface area contributed by atoms with Crippen LogP contribution in [-0.2, 0) is 11.2 Å². The molecular weight excluding hydrogens is 436 g/mol. The van der Waals surface area contributed by atoms with Crippen molar-refractivity contribution in [3.8, 4) is 5.75 Å². The molecule has 178 valence electrons. The molecule has 5 heterocycles. The van der Waals surface area contributed by atoms with Gasteiger partial charge in [0.2, 0.25) is 0 Å². The van der Waals surface area contributed by atoms with Gasteiger partial charge in [-0.25, -0.2) is 9.50 Å².